The topological polar surface area (TPSA) is 86.8 Å². The van der Waals surface area contributed by atoms with Crippen molar-refractivity contribution < 1.29 is 18.0 Å². The zero-order valence-electron chi connectivity index (χ0n) is 20.5. The number of carbonyl (C=O) groups excluding carboxylic acids is 2. The highest BCUT2D eigenvalue weighted by Gasteiger charge is 2.31. The third-order valence-corrected chi connectivity index (χ3v) is 6.38. The molecular formula is C25H35N3O4S. The van der Waals surface area contributed by atoms with Gasteiger partial charge in [0, 0.05) is 12.1 Å². The zero-order chi connectivity index (χ0) is 25.0. The Balaban J connectivity index is 2.42. The van der Waals surface area contributed by atoms with Crippen molar-refractivity contribution in [2.24, 2.45) is 0 Å². The van der Waals surface area contributed by atoms with Crippen molar-refractivity contribution in [3.8, 4) is 0 Å². The SMILES string of the molecule is Cc1cccc(N(CC(=O)N(Cc2ccccc2C)[C@@H](C)C(=O)NC(C)(C)C)S(C)(=O)=O)c1. The lowest BCUT2D eigenvalue weighted by Gasteiger charge is -2.33. The van der Waals surface area contributed by atoms with E-state index in [9.17, 15) is 18.0 Å². The molecule has 8 heteroatoms. The van der Waals surface area contributed by atoms with Crippen LogP contribution in [0.25, 0.3) is 0 Å². The average Bonchev–Trinajstić information content (AvgIpc) is 2.68. The fourth-order valence-electron chi connectivity index (χ4n) is 3.42. The molecule has 7 nitrogen and oxygen atoms in total. The van der Waals surface area contributed by atoms with Gasteiger partial charge in [0.15, 0.2) is 0 Å². The molecule has 0 saturated carbocycles. The summed E-state index contributed by atoms with van der Waals surface area (Å²) in [5.74, 6) is -0.757. The van der Waals surface area contributed by atoms with Gasteiger partial charge in [0.1, 0.15) is 12.6 Å². The number of amides is 2. The van der Waals surface area contributed by atoms with Crippen LogP contribution in [0.15, 0.2) is 48.5 Å². The summed E-state index contributed by atoms with van der Waals surface area (Å²) >= 11 is 0. The molecule has 0 saturated heterocycles. The second-order valence-electron chi connectivity index (χ2n) is 9.47. The lowest BCUT2D eigenvalue weighted by Crippen LogP contribution is -2.54. The van der Waals surface area contributed by atoms with E-state index >= 15 is 0 Å². The molecule has 0 radical (unpaired) electrons. The highest BCUT2D eigenvalue weighted by molar-refractivity contribution is 7.92. The predicted molar refractivity (Wildman–Crippen MR) is 132 cm³/mol. The molecule has 2 rings (SSSR count). The minimum absolute atomic E-state index is 0.190. The van der Waals surface area contributed by atoms with Gasteiger partial charge in [-0.3, -0.25) is 13.9 Å². The Morgan fingerprint density at radius 2 is 1.67 bits per heavy atom. The number of nitrogens with one attached hydrogen (secondary N) is 1. The maximum absolute atomic E-state index is 13.5. The normalized spacial score (nSPS) is 12.7. The summed E-state index contributed by atoms with van der Waals surface area (Å²) in [6.45, 7) is 10.9. The van der Waals surface area contributed by atoms with Gasteiger partial charge >= 0.3 is 0 Å². The Hall–Kier alpha value is -2.87. The first-order chi connectivity index (χ1) is 15.2. The van der Waals surface area contributed by atoms with Crippen molar-refractivity contribution in [3.05, 3.63) is 65.2 Å². The van der Waals surface area contributed by atoms with Crippen LogP contribution in [-0.2, 0) is 26.2 Å². The zero-order valence-corrected chi connectivity index (χ0v) is 21.4. The maximum Gasteiger partial charge on any atom is 0.244 e. The van der Waals surface area contributed by atoms with E-state index in [-0.39, 0.29) is 12.5 Å². The smallest absolute Gasteiger partial charge is 0.244 e. The predicted octanol–water partition coefficient (Wildman–Crippen LogP) is 3.40. The molecule has 0 aliphatic rings. The minimum atomic E-state index is -3.73. The number of sulfonamides is 1. The van der Waals surface area contributed by atoms with E-state index in [0.717, 1.165) is 27.3 Å². The van der Waals surface area contributed by atoms with Crippen molar-refractivity contribution in [2.45, 2.75) is 59.7 Å². The molecule has 0 aliphatic heterocycles. The van der Waals surface area contributed by atoms with Gasteiger partial charge < -0.3 is 10.2 Å². The number of hydrogen-bond donors (Lipinski definition) is 1. The van der Waals surface area contributed by atoms with Crippen LogP contribution in [-0.4, -0.2) is 49.5 Å². The molecule has 0 fully saturated rings. The monoisotopic (exact) mass is 473 g/mol. The van der Waals surface area contributed by atoms with E-state index in [1.165, 1.54) is 4.90 Å². The van der Waals surface area contributed by atoms with Crippen LogP contribution in [0.1, 0.15) is 44.4 Å². The third-order valence-electron chi connectivity index (χ3n) is 5.24. The lowest BCUT2D eigenvalue weighted by molar-refractivity contribution is -0.140. The lowest BCUT2D eigenvalue weighted by atomic mass is 10.1. The van der Waals surface area contributed by atoms with E-state index in [1.54, 1.807) is 25.1 Å². The molecule has 0 unspecified atom stereocenters. The molecule has 0 heterocycles. The molecule has 0 spiro atoms. The number of hydrogen-bond acceptors (Lipinski definition) is 4. The summed E-state index contributed by atoms with van der Waals surface area (Å²) in [6, 6.07) is 13.8. The highest BCUT2D eigenvalue weighted by atomic mass is 32.2. The van der Waals surface area contributed by atoms with Crippen LogP contribution < -0.4 is 9.62 Å². The Morgan fingerprint density at radius 1 is 1.03 bits per heavy atom. The van der Waals surface area contributed by atoms with Gasteiger partial charge in [-0.2, -0.15) is 0 Å². The van der Waals surface area contributed by atoms with Crippen LogP contribution in [0.4, 0.5) is 5.69 Å². The van der Waals surface area contributed by atoms with E-state index in [1.807, 2.05) is 65.0 Å². The van der Waals surface area contributed by atoms with Gasteiger partial charge in [0.2, 0.25) is 21.8 Å². The maximum atomic E-state index is 13.5. The largest absolute Gasteiger partial charge is 0.350 e. The van der Waals surface area contributed by atoms with Crippen molar-refractivity contribution in [3.63, 3.8) is 0 Å². The molecule has 2 amide bonds. The molecular weight excluding hydrogens is 438 g/mol. The molecule has 1 N–H and O–H groups in total. The van der Waals surface area contributed by atoms with E-state index in [4.69, 9.17) is 0 Å². The second-order valence-corrected chi connectivity index (χ2v) is 11.4. The van der Waals surface area contributed by atoms with Crippen LogP contribution in [0.5, 0.6) is 0 Å². The summed E-state index contributed by atoms with van der Waals surface area (Å²) in [5.41, 5.74) is 2.69. The van der Waals surface area contributed by atoms with E-state index in [0.29, 0.717) is 5.69 Å². The molecule has 0 aliphatic carbocycles. The molecule has 2 aromatic rings. The van der Waals surface area contributed by atoms with Crippen LogP contribution in [0.3, 0.4) is 0 Å². The Bertz CT molecular complexity index is 1110. The standard InChI is InChI=1S/C25H35N3O4S/c1-18-11-10-14-22(15-18)28(33(7,31)32)17-23(29)27(16-21-13-9-8-12-19(21)2)20(3)24(30)26-25(4,5)6/h8-15,20H,16-17H2,1-7H3,(H,26,30)/t20-/m0/s1. The Kier molecular flexibility index (Phi) is 8.30. The Morgan fingerprint density at radius 3 is 2.21 bits per heavy atom. The first-order valence-corrected chi connectivity index (χ1v) is 12.7. The average molecular weight is 474 g/mol. The number of nitrogens with zero attached hydrogens (tertiary/aromatic N) is 2. The van der Waals surface area contributed by atoms with E-state index in [2.05, 4.69) is 5.32 Å². The number of aryl methyl sites for hydroxylation is 2. The molecule has 0 bridgehead atoms. The Labute approximate surface area is 197 Å². The summed E-state index contributed by atoms with van der Waals surface area (Å²) in [6.07, 6.45) is 1.07. The quantitative estimate of drug-likeness (QED) is 0.637. The van der Waals surface area contributed by atoms with Gasteiger partial charge in [-0.1, -0.05) is 36.4 Å². The number of anilines is 1. The van der Waals surface area contributed by atoms with Crippen LogP contribution in [0, 0.1) is 13.8 Å². The van der Waals surface area contributed by atoms with Crippen molar-refractivity contribution >= 4 is 27.5 Å². The van der Waals surface area contributed by atoms with Gasteiger partial charge in [-0.05, 0) is 70.4 Å². The summed E-state index contributed by atoms with van der Waals surface area (Å²) in [7, 11) is -3.73. The molecule has 1 atom stereocenters. The van der Waals surface area contributed by atoms with Crippen molar-refractivity contribution in [2.75, 3.05) is 17.1 Å². The van der Waals surface area contributed by atoms with Gasteiger partial charge in [0.25, 0.3) is 0 Å². The number of rotatable bonds is 8. The minimum Gasteiger partial charge on any atom is -0.350 e. The molecule has 33 heavy (non-hydrogen) atoms. The van der Waals surface area contributed by atoms with E-state index < -0.39 is 34.1 Å². The van der Waals surface area contributed by atoms with Crippen molar-refractivity contribution in [1.82, 2.24) is 10.2 Å². The molecule has 2 aromatic carbocycles. The first kappa shape index (κ1) is 26.4. The fourth-order valence-corrected chi connectivity index (χ4v) is 4.27. The van der Waals surface area contributed by atoms with Crippen LogP contribution in [0.2, 0.25) is 0 Å². The number of carbonyl (C=O) groups is 2. The first-order valence-electron chi connectivity index (χ1n) is 10.9. The summed E-state index contributed by atoms with van der Waals surface area (Å²) < 4.78 is 26.2. The van der Waals surface area contributed by atoms with Gasteiger partial charge in [-0.25, -0.2) is 8.42 Å². The second kappa shape index (κ2) is 10.4. The van der Waals surface area contributed by atoms with Crippen molar-refractivity contribution in [1.29, 1.82) is 0 Å². The third kappa shape index (κ3) is 7.60. The fraction of sp³-hybridized carbons (Fsp3) is 0.440. The summed E-state index contributed by atoms with van der Waals surface area (Å²) in [4.78, 5) is 27.9. The molecule has 0 aromatic heterocycles. The van der Waals surface area contributed by atoms with Gasteiger partial charge in [0.05, 0.1) is 11.9 Å². The summed E-state index contributed by atoms with van der Waals surface area (Å²) in [5, 5.41) is 2.91. The molecule has 180 valence electrons. The van der Waals surface area contributed by atoms with Gasteiger partial charge in [-0.15, -0.1) is 0 Å². The van der Waals surface area contributed by atoms with Crippen LogP contribution >= 0.6 is 0 Å². The number of benzene rings is 2. The highest BCUT2D eigenvalue weighted by Crippen LogP contribution is 2.21.